The number of carbonyl (C=O) groups excluding carboxylic acids is 1. The lowest BCUT2D eigenvalue weighted by Crippen LogP contribution is -2.28. The minimum Gasteiger partial charge on any atom is -0.481 e. The number of likely N-dealkylation sites (tertiary alicyclic amines) is 1. The van der Waals surface area contributed by atoms with Gasteiger partial charge in [0.15, 0.2) is 0 Å². The second kappa shape index (κ2) is 6.72. The number of benzene rings is 1. The maximum atomic E-state index is 12.3. The molecule has 8 heteroatoms. The summed E-state index contributed by atoms with van der Waals surface area (Å²) in [5.74, 6) is -2.43. The highest BCUT2D eigenvalue weighted by atomic mass is 19.4. The maximum Gasteiger partial charge on any atom is 0.573 e. The van der Waals surface area contributed by atoms with Crippen LogP contribution in [0, 0.1) is 5.92 Å². The smallest absolute Gasteiger partial charge is 0.481 e. The second-order valence-electron chi connectivity index (χ2n) is 5.03. The second-order valence-corrected chi connectivity index (χ2v) is 5.03. The number of hydrogen-bond acceptors (Lipinski definition) is 3. The van der Waals surface area contributed by atoms with Crippen molar-refractivity contribution in [1.29, 1.82) is 0 Å². The Labute approximate surface area is 130 Å². The van der Waals surface area contributed by atoms with Crippen molar-refractivity contribution in [3.05, 3.63) is 35.9 Å². The topological polar surface area (TPSA) is 66.8 Å². The fourth-order valence-corrected chi connectivity index (χ4v) is 2.26. The first-order valence-corrected chi connectivity index (χ1v) is 6.81. The van der Waals surface area contributed by atoms with Gasteiger partial charge in [-0.2, -0.15) is 0 Å². The summed E-state index contributed by atoms with van der Waals surface area (Å²) in [6.07, 6.45) is -2.12. The SMILES string of the molecule is O=C(O)C1CCN(C(=O)/C=C/c2ccccc2OC(F)(F)F)C1. The predicted molar refractivity (Wildman–Crippen MR) is 74.5 cm³/mol. The number of aliphatic carboxylic acids is 1. The molecule has 5 nitrogen and oxygen atoms in total. The summed E-state index contributed by atoms with van der Waals surface area (Å²) in [4.78, 5) is 24.2. The molecule has 1 heterocycles. The lowest BCUT2D eigenvalue weighted by Gasteiger charge is -2.13. The van der Waals surface area contributed by atoms with Gasteiger partial charge in [0.1, 0.15) is 5.75 Å². The number of carboxylic acids is 1. The van der Waals surface area contributed by atoms with E-state index in [9.17, 15) is 22.8 Å². The molecule has 23 heavy (non-hydrogen) atoms. The van der Waals surface area contributed by atoms with Crippen LogP contribution in [0.1, 0.15) is 12.0 Å². The normalized spacial score (nSPS) is 18.4. The van der Waals surface area contributed by atoms with Gasteiger partial charge in [-0.1, -0.05) is 18.2 Å². The van der Waals surface area contributed by atoms with E-state index in [2.05, 4.69) is 4.74 Å². The fourth-order valence-electron chi connectivity index (χ4n) is 2.26. The summed E-state index contributed by atoms with van der Waals surface area (Å²) in [6.45, 7) is 0.403. The van der Waals surface area contributed by atoms with Crippen LogP contribution < -0.4 is 4.74 Å². The van der Waals surface area contributed by atoms with E-state index in [4.69, 9.17) is 5.11 Å². The molecule has 1 atom stereocenters. The van der Waals surface area contributed by atoms with Crippen molar-refractivity contribution < 1.29 is 32.6 Å². The van der Waals surface area contributed by atoms with E-state index in [0.717, 1.165) is 12.1 Å². The molecule has 1 aromatic carbocycles. The van der Waals surface area contributed by atoms with Crippen LogP contribution in [-0.2, 0) is 9.59 Å². The number of halogens is 3. The van der Waals surface area contributed by atoms with Crippen molar-refractivity contribution in [3.63, 3.8) is 0 Å². The molecule has 1 amide bonds. The van der Waals surface area contributed by atoms with Crippen LogP contribution >= 0.6 is 0 Å². The van der Waals surface area contributed by atoms with Crippen molar-refractivity contribution in [2.24, 2.45) is 5.92 Å². The van der Waals surface area contributed by atoms with Crippen LogP contribution in [0.15, 0.2) is 30.3 Å². The molecule has 1 aromatic rings. The lowest BCUT2D eigenvalue weighted by molar-refractivity contribution is -0.274. The molecule has 124 valence electrons. The summed E-state index contributed by atoms with van der Waals surface area (Å²) < 4.78 is 40.8. The van der Waals surface area contributed by atoms with E-state index in [1.165, 1.54) is 29.2 Å². The molecule has 1 N–H and O–H groups in total. The number of carbonyl (C=O) groups is 2. The Morgan fingerprint density at radius 3 is 2.61 bits per heavy atom. The molecule has 1 fully saturated rings. The Balaban J connectivity index is 2.06. The zero-order valence-electron chi connectivity index (χ0n) is 11.9. The van der Waals surface area contributed by atoms with E-state index in [1.54, 1.807) is 0 Å². The summed E-state index contributed by atoms with van der Waals surface area (Å²) in [5.41, 5.74) is 0.104. The lowest BCUT2D eigenvalue weighted by atomic mass is 10.1. The minimum absolute atomic E-state index is 0.0964. The van der Waals surface area contributed by atoms with Crippen LogP contribution in [-0.4, -0.2) is 41.3 Å². The van der Waals surface area contributed by atoms with Crippen molar-refractivity contribution in [3.8, 4) is 5.75 Å². The van der Waals surface area contributed by atoms with Gasteiger partial charge in [0.2, 0.25) is 5.91 Å². The molecule has 0 radical (unpaired) electrons. The van der Waals surface area contributed by atoms with E-state index in [1.807, 2.05) is 0 Å². The molecule has 0 saturated carbocycles. The van der Waals surface area contributed by atoms with Gasteiger partial charge in [0, 0.05) is 24.7 Å². The quantitative estimate of drug-likeness (QED) is 0.862. The average molecular weight is 329 g/mol. The zero-order chi connectivity index (χ0) is 17.0. The Morgan fingerprint density at radius 2 is 2.00 bits per heavy atom. The first kappa shape index (κ1) is 16.9. The molecule has 2 rings (SSSR count). The molecule has 0 bridgehead atoms. The number of amides is 1. The maximum absolute atomic E-state index is 12.3. The van der Waals surface area contributed by atoms with Crippen LogP contribution in [0.4, 0.5) is 13.2 Å². The molecule has 1 aliphatic heterocycles. The molecular formula is C15H14F3NO4. The molecule has 0 spiro atoms. The number of rotatable bonds is 4. The minimum atomic E-state index is -4.82. The fraction of sp³-hybridized carbons (Fsp3) is 0.333. The Bertz CT molecular complexity index is 627. The monoisotopic (exact) mass is 329 g/mol. The van der Waals surface area contributed by atoms with Crippen molar-refractivity contribution in [2.45, 2.75) is 12.8 Å². The number of alkyl halides is 3. The van der Waals surface area contributed by atoms with Gasteiger partial charge in [-0.05, 0) is 18.6 Å². The van der Waals surface area contributed by atoms with Gasteiger partial charge in [0.05, 0.1) is 5.92 Å². The summed E-state index contributed by atoms with van der Waals surface area (Å²) in [5, 5.41) is 8.89. The number of carboxylic acid groups (broad SMARTS) is 1. The molecule has 0 aliphatic carbocycles. The molecule has 1 aliphatic rings. The van der Waals surface area contributed by atoms with E-state index in [-0.39, 0.29) is 12.1 Å². The van der Waals surface area contributed by atoms with Crippen molar-refractivity contribution in [1.82, 2.24) is 4.90 Å². The van der Waals surface area contributed by atoms with Gasteiger partial charge < -0.3 is 14.7 Å². The first-order valence-electron chi connectivity index (χ1n) is 6.81. The summed E-state index contributed by atoms with van der Waals surface area (Å²) >= 11 is 0. The third kappa shape index (κ3) is 4.73. The Hall–Kier alpha value is -2.51. The Kier molecular flexibility index (Phi) is 4.92. The van der Waals surface area contributed by atoms with E-state index >= 15 is 0 Å². The van der Waals surface area contributed by atoms with Gasteiger partial charge in [-0.25, -0.2) is 0 Å². The third-order valence-corrected chi connectivity index (χ3v) is 3.40. The zero-order valence-corrected chi connectivity index (χ0v) is 11.9. The van der Waals surface area contributed by atoms with Gasteiger partial charge in [0.25, 0.3) is 0 Å². The highest BCUT2D eigenvalue weighted by molar-refractivity contribution is 5.92. The number of hydrogen-bond donors (Lipinski definition) is 1. The highest BCUT2D eigenvalue weighted by Gasteiger charge is 2.32. The Morgan fingerprint density at radius 1 is 1.30 bits per heavy atom. The van der Waals surface area contributed by atoms with Gasteiger partial charge in [-0.3, -0.25) is 9.59 Å². The van der Waals surface area contributed by atoms with Crippen LogP contribution in [0.2, 0.25) is 0 Å². The van der Waals surface area contributed by atoms with Crippen molar-refractivity contribution in [2.75, 3.05) is 13.1 Å². The summed E-state index contributed by atoms with van der Waals surface area (Å²) in [7, 11) is 0. The average Bonchev–Trinajstić information content (AvgIpc) is 2.94. The van der Waals surface area contributed by atoms with Gasteiger partial charge in [-0.15, -0.1) is 13.2 Å². The molecule has 0 aromatic heterocycles. The molecule has 1 unspecified atom stereocenters. The first-order chi connectivity index (χ1) is 10.8. The standard InChI is InChI=1S/C15H14F3NO4/c16-15(17,18)23-12-4-2-1-3-10(12)5-6-13(20)19-8-7-11(9-19)14(21)22/h1-6,11H,7-9H2,(H,21,22)/b6-5+. The third-order valence-electron chi connectivity index (χ3n) is 3.40. The predicted octanol–water partition coefficient (Wildman–Crippen LogP) is 2.53. The largest absolute Gasteiger partial charge is 0.573 e. The molecular weight excluding hydrogens is 315 g/mol. The molecule has 1 saturated heterocycles. The van der Waals surface area contributed by atoms with E-state index in [0.29, 0.717) is 13.0 Å². The summed E-state index contributed by atoms with van der Waals surface area (Å²) in [6, 6.07) is 5.44. The number of nitrogens with zero attached hydrogens (tertiary/aromatic N) is 1. The number of para-hydroxylation sites is 1. The van der Waals surface area contributed by atoms with Gasteiger partial charge >= 0.3 is 12.3 Å². The van der Waals surface area contributed by atoms with Crippen LogP contribution in [0.25, 0.3) is 6.08 Å². The number of ether oxygens (including phenoxy) is 1. The van der Waals surface area contributed by atoms with Crippen LogP contribution in [0.3, 0.4) is 0 Å². The van der Waals surface area contributed by atoms with Crippen LogP contribution in [0.5, 0.6) is 5.75 Å². The van der Waals surface area contributed by atoms with Crippen molar-refractivity contribution >= 4 is 18.0 Å². The highest BCUT2D eigenvalue weighted by Crippen LogP contribution is 2.27. The van der Waals surface area contributed by atoms with E-state index < -0.39 is 29.9 Å².